The normalized spacial score (nSPS) is 11.9. The summed E-state index contributed by atoms with van der Waals surface area (Å²) in [5.74, 6) is 3.44. The number of hydrogen-bond acceptors (Lipinski definition) is 7. The maximum atomic E-state index is 5.16. The molecule has 0 aliphatic carbocycles. The summed E-state index contributed by atoms with van der Waals surface area (Å²) >= 11 is 0. The molecule has 0 atom stereocenters. The van der Waals surface area contributed by atoms with Crippen molar-refractivity contribution in [3.63, 3.8) is 0 Å². The highest BCUT2D eigenvalue weighted by Gasteiger charge is 2.24. The predicted molar refractivity (Wildman–Crippen MR) is 281 cm³/mol. The highest BCUT2D eigenvalue weighted by Crippen LogP contribution is 2.41. The molecule has 0 bridgehead atoms. The van der Waals surface area contributed by atoms with Gasteiger partial charge in [-0.25, -0.2) is 29.9 Å². The van der Waals surface area contributed by atoms with Gasteiger partial charge in [-0.2, -0.15) is 0 Å². The minimum Gasteiger partial charge on any atom is -0.309 e. The zero-order valence-electron chi connectivity index (χ0n) is 39.6. The Labute approximate surface area is 402 Å². The molecule has 334 valence electrons. The SMILES string of the molecule is CC(C)(C)c1ccc2c(c1)c1cc(C(C)(C)C)ccc1n2-c1ccc(-c2nc(-c3ccccc3)nc(-c3ccccc3)n2)cc1-c1cncc(-c2nc(-c3ccccc3)nc(-c3ccccc3)n2)c1. The van der Waals surface area contributed by atoms with Crippen molar-refractivity contribution in [3.8, 4) is 85.1 Å². The van der Waals surface area contributed by atoms with E-state index in [2.05, 4.69) is 107 Å². The van der Waals surface area contributed by atoms with Crippen molar-refractivity contribution in [2.75, 3.05) is 0 Å². The third-order valence-electron chi connectivity index (χ3n) is 12.7. The number of fused-ring (bicyclic) bond motifs is 3. The molecule has 0 amide bonds. The molecule has 4 heterocycles. The molecule has 8 nitrogen and oxygen atoms in total. The Morgan fingerprint density at radius 3 is 1.07 bits per heavy atom. The van der Waals surface area contributed by atoms with Crippen molar-refractivity contribution in [1.29, 1.82) is 0 Å². The van der Waals surface area contributed by atoms with E-state index in [1.54, 1.807) is 0 Å². The second-order valence-electron chi connectivity index (χ2n) is 19.6. The molecule has 0 N–H and O–H groups in total. The number of pyridine rings is 1. The highest BCUT2D eigenvalue weighted by atomic mass is 15.0. The molecule has 11 rings (SSSR count). The van der Waals surface area contributed by atoms with Gasteiger partial charge in [-0.1, -0.05) is 175 Å². The number of rotatable bonds is 8. The monoisotopic (exact) mass is 894 g/mol. The average molecular weight is 895 g/mol. The number of benzene rings is 7. The summed E-state index contributed by atoms with van der Waals surface area (Å²) in [5.41, 5.74) is 12.7. The van der Waals surface area contributed by atoms with E-state index in [0.29, 0.717) is 34.9 Å². The Morgan fingerprint density at radius 1 is 0.319 bits per heavy atom. The lowest BCUT2D eigenvalue weighted by Crippen LogP contribution is -2.10. The van der Waals surface area contributed by atoms with Gasteiger partial charge in [-0.05, 0) is 70.5 Å². The van der Waals surface area contributed by atoms with Crippen molar-refractivity contribution in [2.24, 2.45) is 0 Å². The third kappa shape index (κ3) is 8.46. The molecular weight excluding hydrogens is 845 g/mol. The Bertz CT molecular complexity index is 3480. The van der Waals surface area contributed by atoms with Gasteiger partial charge in [0, 0.05) is 67.7 Å². The van der Waals surface area contributed by atoms with Crippen LogP contribution in [0.4, 0.5) is 0 Å². The average Bonchev–Trinajstić information content (AvgIpc) is 3.72. The Hall–Kier alpha value is -8.49. The topological polar surface area (TPSA) is 95.2 Å². The van der Waals surface area contributed by atoms with Crippen LogP contribution >= 0.6 is 0 Å². The zero-order valence-corrected chi connectivity index (χ0v) is 39.6. The number of hydrogen-bond donors (Lipinski definition) is 0. The van der Waals surface area contributed by atoms with Gasteiger partial charge in [0.15, 0.2) is 34.9 Å². The minimum atomic E-state index is -0.0410. The minimum absolute atomic E-state index is 0.0410. The van der Waals surface area contributed by atoms with Crippen molar-refractivity contribution < 1.29 is 0 Å². The molecule has 0 radical (unpaired) electrons. The molecule has 0 unspecified atom stereocenters. The molecule has 69 heavy (non-hydrogen) atoms. The summed E-state index contributed by atoms with van der Waals surface area (Å²) < 4.78 is 2.40. The summed E-state index contributed by atoms with van der Waals surface area (Å²) in [6, 6.07) is 62.8. The molecule has 0 saturated heterocycles. The third-order valence-corrected chi connectivity index (χ3v) is 12.7. The fraction of sp³-hybridized carbons (Fsp3) is 0.131. The summed E-state index contributed by atoms with van der Waals surface area (Å²) in [7, 11) is 0. The van der Waals surface area contributed by atoms with E-state index in [0.717, 1.165) is 61.2 Å². The largest absolute Gasteiger partial charge is 0.309 e. The standard InChI is InChI=1S/C61H50N8/c1-60(2,3)46-28-31-52-49(35-46)50-36-47(61(4,5)6)29-32-53(50)69(52)51-30-27-43(58-65-54(39-19-11-7-12-20-39)63-55(66-58)40-21-13-8-14-22-40)34-48(51)44-33-45(38-62-37-44)59-67-56(41-23-15-9-16-24-41)64-57(68-59)42-25-17-10-18-26-42/h7-38H,1-6H3. The lowest BCUT2D eigenvalue weighted by Gasteiger charge is -2.19. The first-order chi connectivity index (χ1) is 33.4. The van der Waals surface area contributed by atoms with Crippen molar-refractivity contribution in [3.05, 3.63) is 206 Å². The van der Waals surface area contributed by atoms with Crippen LogP contribution in [0.3, 0.4) is 0 Å². The van der Waals surface area contributed by atoms with Crippen molar-refractivity contribution in [1.82, 2.24) is 39.5 Å². The van der Waals surface area contributed by atoms with E-state index in [9.17, 15) is 0 Å². The molecule has 8 heteroatoms. The molecule has 0 spiro atoms. The second kappa shape index (κ2) is 17.3. The molecule has 0 aliphatic heterocycles. The maximum absolute atomic E-state index is 5.16. The summed E-state index contributed by atoms with van der Waals surface area (Å²) in [6.07, 6.45) is 3.75. The highest BCUT2D eigenvalue weighted by molar-refractivity contribution is 6.10. The smallest absolute Gasteiger partial charge is 0.165 e. The molecule has 0 saturated carbocycles. The maximum Gasteiger partial charge on any atom is 0.165 e. The van der Waals surface area contributed by atoms with Gasteiger partial charge in [0.1, 0.15) is 0 Å². The molecule has 4 aromatic heterocycles. The van der Waals surface area contributed by atoms with Gasteiger partial charge in [0.05, 0.1) is 16.7 Å². The molecular formula is C61H50N8. The van der Waals surface area contributed by atoms with Crippen LogP contribution in [0, 0.1) is 0 Å². The van der Waals surface area contributed by atoms with Crippen LogP contribution < -0.4 is 0 Å². The second-order valence-corrected chi connectivity index (χ2v) is 19.6. The molecule has 0 fully saturated rings. The van der Waals surface area contributed by atoms with Gasteiger partial charge in [0.2, 0.25) is 0 Å². The Balaban J connectivity index is 1.17. The summed E-state index contributed by atoms with van der Waals surface area (Å²) in [4.78, 5) is 35.4. The van der Waals surface area contributed by atoms with Crippen LogP contribution in [0.1, 0.15) is 52.7 Å². The molecule has 11 aromatic rings. The molecule has 0 aliphatic rings. The van der Waals surface area contributed by atoms with Crippen LogP contribution in [-0.4, -0.2) is 39.5 Å². The van der Waals surface area contributed by atoms with Crippen LogP contribution in [0.15, 0.2) is 194 Å². The molecule has 7 aromatic carbocycles. The first-order valence-electron chi connectivity index (χ1n) is 23.4. The van der Waals surface area contributed by atoms with E-state index >= 15 is 0 Å². The van der Waals surface area contributed by atoms with Gasteiger partial charge in [0.25, 0.3) is 0 Å². The summed E-state index contributed by atoms with van der Waals surface area (Å²) in [6.45, 7) is 13.6. The lowest BCUT2D eigenvalue weighted by molar-refractivity contribution is 0.590. The van der Waals surface area contributed by atoms with E-state index in [-0.39, 0.29) is 10.8 Å². The fourth-order valence-electron chi connectivity index (χ4n) is 8.90. The van der Waals surface area contributed by atoms with Crippen LogP contribution in [0.25, 0.3) is 107 Å². The number of nitrogens with zero attached hydrogens (tertiary/aromatic N) is 8. The zero-order chi connectivity index (χ0) is 47.3. The van der Waals surface area contributed by atoms with Gasteiger partial charge in [-0.15, -0.1) is 0 Å². The van der Waals surface area contributed by atoms with E-state index in [4.69, 9.17) is 34.9 Å². The van der Waals surface area contributed by atoms with Gasteiger partial charge < -0.3 is 4.57 Å². The fourth-order valence-corrected chi connectivity index (χ4v) is 8.90. The predicted octanol–water partition coefficient (Wildman–Crippen LogP) is 14.8. The van der Waals surface area contributed by atoms with E-state index in [1.807, 2.05) is 134 Å². The van der Waals surface area contributed by atoms with Crippen molar-refractivity contribution >= 4 is 21.8 Å². The first-order valence-corrected chi connectivity index (χ1v) is 23.4. The lowest BCUT2D eigenvalue weighted by atomic mass is 9.85. The number of aromatic nitrogens is 8. The van der Waals surface area contributed by atoms with Crippen LogP contribution in [0.2, 0.25) is 0 Å². The first kappa shape index (κ1) is 43.1. The van der Waals surface area contributed by atoms with Crippen LogP contribution in [-0.2, 0) is 10.8 Å². The summed E-state index contributed by atoms with van der Waals surface area (Å²) in [5, 5.41) is 2.41. The Kier molecular flexibility index (Phi) is 10.8. The van der Waals surface area contributed by atoms with Crippen LogP contribution in [0.5, 0.6) is 0 Å². The Morgan fingerprint density at radius 2 is 0.681 bits per heavy atom. The van der Waals surface area contributed by atoms with E-state index < -0.39 is 0 Å². The van der Waals surface area contributed by atoms with E-state index in [1.165, 1.54) is 21.9 Å². The van der Waals surface area contributed by atoms with Gasteiger partial charge in [-0.3, -0.25) is 4.98 Å². The van der Waals surface area contributed by atoms with Gasteiger partial charge >= 0.3 is 0 Å². The quantitative estimate of drug-likeness (QED) is 0.150. The van der Waals surface area contributed by atoms with Crippen molar-refractivity contribution in [2.45, 2.75) is 52.4 Å².